The van der Waals surface area contributed by atoms with Gasteiger partial charge in [0.2, 0.25) is 0 Å². The van der Waals surface area contributed by atoms with Gasteiger partial charge in [-0.15, -0.1) is 11.3 Å². The number of nitrogens with one attached hydrogen (secondary N) is 2. The highest BCUT2D eigenvalue weighted by atomic mass is 32.2. The molecule has 0 saturated carbocycles. The number of anilines is 1. The zero-order valence-electron chi connectivity index (χ0n) is 21.6. The second-order valence-corrected chi connectivity index (χ2v) is 13.3. The summed E-state index contributed by atoms with van der Waals surface area (Å²) in [5.41, 5.74) is -1.14. The largest absolute Gasteiger partial charge is 0.408 e. The van der Waals surface area contributed by atoms with E-state index < -0.39 is 57.7 Å². The van der Waals surface area contributed by atoms with E-state index in [2.05, 4.69) is 20.6 Å². The molecule has 0 spiro atoms. The molecule has 220 valence electrons. The molecule has 16 heteroatoms. The van der Waals surface area contributed by atoms with E-state index in [1.54, 1.807) is 0 Å². The first-order chi connectivity index (χ1) is 18.7. The number of alkyl halides is 5. The van der Waals surface area contributed by atoms with E-state index in [9.17, 15) is 40.0 Å². The van der Waals surface area contributed by atoms with Gasteiger partial charge < -0.3 is 15.5 Å². The molecule has 4 rings (SSSR count). The molecular formula is C24H28F5N5O4S2. The molecule has 2 aliphatic heterocycles. The number of hydrogen-bond donors (Lipinski definition) is 2. The SMILES string of the molecule is C[C@H](Nc1cc(C(F)F)c(-c2sc(C(=O)NC3CCS(=O)(=O)CC3)nc2C(=O)N2CCC[C@@H]2C)cn1)C(F)(F)F. The third-order valence-electron chi connectivity index (χ3n) is 7.00. The summed E-state index contributed by atoms with van der Waals surface area (Å²) in [6.07, 6.45) is -4.98. The molecule has 2 N–H and O–H groups in total. The maximum atomic E-state index is 14.2. The predicted octanol–water partition coefficient (Wildman–Crippen LogP) is 4.44. The quantitative estimate of drug-likeness (QED) is 0.446. The van der Waals surface area contributed by atoms with Crippen LogP contribution in [0.4, 0.5) is 27.8 Å². The van der Waals surface area contributed by atoms with E-state index in [1.165, 1.54) is 4.90 Å². The summed E-state index contributed by atoms with van der Waals surface area (Å²) >= 11 is 0.690. The molecule has 2 aromatic rings. The van der Waals surface area contributed by atoms with Crippen molar-refractivity contribution < 1.29 is 40.0 Å². The summed E-state index contributed by atoms with van der Waals surface area (Å²) in [6, 6.07) is -1.86. The van der Waals surface area contributed by atoms with E-state index in [0.29, 0.717) is 17.9 Å². The Morgan fingerprint density at radius 3 is 2.42 bits per heavy atom. The second-order valence-electron chi connectivity index (χ2n) is 9.95. The van der Waals surface area contributed by atoms with Crippen molar-refractivity contribution in [3.8, 4) is 10.4 Å². The van der Waals surface area contributed by atoms with Crippen LogP contribution in [0.1, 0.15) is 71.8 Å². The lowest BCUT2D eigenvalue weighted by atomic mass is 10.1. The lowest BCUT2D eigenvalue weighted by molar-refractivity contribution is -0.138. The Hall–Kier alpha value is -2.88. The molecule has 2 atom stereocenters. The molecule has 40 heavy (non-hydrogen) atoms. The molecule has 4 heterocycles. The van der Waals surface area contributed by atoms with E-state index in [-0.39, 0.29) is 51.5 Å². The topological polar surface area (TPSA) is 121 Å². The van der Waals surface area contributed by atoms with Crippen molar-refractivity contribution in [2.45, 2.75) is 70.3 Å². The van der Waals surface area contributed by atoms with Gasteiger partial charge in [-0.3, -0.25) is 9.59 Å². The monoisotopic (exact) mass is 609 g/mol. The Kier molecular flexibility index (Phi) is 8.68. The zero-order chi connectivity index (χ0) is 29.4. The average Bonchev–Trinajstić information content (AvgIpc) is 3.51. The van der Waals surface area contributed by atoms with Crippen LogP contribution in [-0.2, 0) is 9.84 Å². The first-order valence-electron chi connectivity index (χ1n) is 12.6. The standard InChI is InChI=1S/C24H28F5N5O4S2/c1-12-4-3-7-34(12)23(36)18-19(39-22(33-18)21(35)32-14-5-8-40(37,38)9-6-14)16-11-30-17(10-15(16)20(25)26)31-13(2)24(27,28)29/h10-14,20H,3-9H2,1-2H3,(H,30,31)(H,32,35)/t12-,13-/m0/s1. The van der Waals surface area contributed by atoms with Crippen LogP contribution in [0.15, 0.2) is 12.3 Å². The number of likely N-dealkylation sites (tertiary alicyclic amines) is 1. The minimum atomic E-state index is -4.64. The smallest absolute Gasteiger partial charge is 0.359 e. The van der Waals surface area contributed by atoms with E-state index in [0.717, 1.165) is 32.0 Å². The number of sulfone groups is 1. The summed E-state index contributed by atoms with van der Waals surface area (Å²) in [5, 5.41) is 4.57. The Morgan fingerprint density at radius 1 is 1.18 bits per heavy atom. The van der Waals surface area contributed by atoms with Crippen LogP contribution >= 0.6 is 11.3 Å². The van der Waals surface area contributed by atoms with Gasteiger partial charge in [0.15, 0.2) is 5.01 Å². The van der Waals surface area contributed by atoms with Gasteiger partial charge in [0.05, 0.1) is 16.4 Å². The molecule has 0 aliphatic carbocycles. The number of halogens is 5. The highest BCUT2D eigenvalue weighted by Gasteiger charge is 2.37. The fourth-order valence-electron chi connectivity index (χ4n) is 4.62. The van der Waals surface area contributed by atoms with Crippen molar-refractivity contribution in [1.82, 2.24) is 20.2 Å². The van der Waals surface area contributed by atoms with Crippen molar-refractivity contribution in [3.63, 3.8) is 0 Å². The van der Waals surface area contributed by atoms with Gasteiger partial charge in [-0.25, -0.2) is 27.2 Å². The number of carbonyl (C=O) groups excluding carboxylic acids is 2. The molecule has 0 bridgehead atoms. The Bertz CT molecular complexity index is 1370. The van der Waals surface area contributed by atoms with Gasteiger partial charge in [-0.1, -0.05) is 0 Å². The summed E-state index contributed by atoms with van der Waals surface area (Å²) in [7, 11) is -3.17. The van der Waals surface area contributed by atoms with Crippen LogP contribution in [0.25, 0.3) is 10.4 Å². The summed E-state index contributed by atoms with van der Waals surface area (Å²) in [5.74, 6) is -1.86. The van der Waals surface area contributed by atoms with Crippen LogP contribution in [0.2, 0.25) is 0 Å². The number of pyridine rings is 1. The number of carbonyl (C=O) groups is 2. The number of thiazole rings is 1. The highest BCUT2D eigenvalue weighted by Crippen LogP contribution is 2.39. The third-order valence-corrected chi connectivity index (χ3v) is 9.80. The van der Waals surface area contributed by atoms with Crippen LogP contribution in [0, 0.1) is 0 Å². The number of nitrogens with zero attached hydrogens (tertiary/aromatic N) is 3. The third kappa shape index (κ3) is 6.70. The van der Waals surface area contributed by atoms with Gasteiger partial charge in [-0.2, -0.15) is 13.2 Å². The number of hydrogen-bond acceptors (Lipinski definition) is 8. The molecule has 2 aliphatic rings. The van der Waals surface area contributed by atoms with Crippen molar-refractivity contribution in [2.24, 2.45) is 0 Å². The number of amides is 2. The Balaban J connectivity index is 1.71. The lowest BCUT2D eigenvalue weighted by Crippen LogP contribution is -2.40. The first-order valence-corrected chi connectivity index (χ1v) is 15.2. The molecular weight excluding hydrogens is 581 g/mol. The number of rotatable bonds is 7. The lowest BCUT2D eigenvalue weighted by Gasteiger charge is -2.22. The van der Waals surface area contributed by atoms with Gasteiger partial charge in [0.25, 0.3) is 18.2 Å². The van der Waals surface area contributed by atoms with Crippen molar-refractivity contribution in [1.29, 1.82) is 0 Å². The summed E-state index contributed by atoms with van der Waals surface area (Å²) in [6.45, 7) is 3.06. The molecule has 2 amide bonds. The van der Waals surface area contributed by atoms with E-state index in [4.69, 9.17) is 0 Å². The van der Waals surface area contributed by atoms with Crippen molar-refractivity contribution in [2.75, 3.05) is 23.4 Å². The predicted molar refractivity (Wildman–Crippen MR) is 138 cm³/mol. The molecule has 2 fully saturated rings. The molecule has 0 unspecified atom stereocenters. The average molecular weight is 610 g/mol. The van der Waals surface area contributed by atoms with Crippen molar-refractivity contribution >= 4 is 38.8 Å². The van der Waals surface area contributed by atoms with Crippen molar-refractivity contribution in [3.05, 3.63) is 28.5 Å². The van der Waals surface area contributed by atoms with Gasteiger partial charge in [0.1, 0.15) is 27.4 Å². The molecule has 0 radical (unpaired) electrons. The maximum Gasteiger partial charge on any atom is 0.408 e. The van der Waals surface area contributed by atoms with E-state index in [1.807, 2.05) is 6.92 Å². The van der Waals surface area contributed by atoms with Crippen LogP contribution in [-0.4, -0.2) is 77.5 Å². The minimum absolute atomic E-state index is 0.0568. The van der Waals surface area contributed by atoms with Gasteiger partial charge in [0, 0.05) is 36.0 Å². The zero-order valence-corrected chi connectivity index (χ0v) is 23.2. The van der Waals surface area contributed by atoms with Crippen LogP contribution in [0.5, 0.6) is 0 Å². The van der Waals surface area contributed by atoms with Gasteiger partial charge >= 0.3 is 6.18 Å². The highest BCUT2D eigenvalue weighted by molar-refractivity contribution is 7.91. The normalized spacial score (nSPS) is 20.5. The fraction of sp³-hybridized carbons (Fsp3) is 0.583. The van der Waals surface area contributed by atoms with E-state index >= 15 is 0 Å². The van der Waals surface area contributed by atoms with Crippen LogP contribution in [0.3, 0.4) is 0 Å². The minimum Gasteiger partial charge on any atom is -0.359 e. The molecule has 2 aromatic heterocycles. The Morgan fingerprint density at radius 2 is 1.85 bits per heavy atom. The fourth-order valence-corrected chi connectivity index (χ4v) is 7.10. The Labute approximate surface area is 231 Å². The first kappa shape index (κ1) is 30.1. The molecule has 2 saturated heterocycles. The summed E-state index contributed by atoms with van der Waals surface area (Å²) < 4.78 is 90.7. The maximum absolute atomic E-state index is 14.2. The molecule has 0 aromatic carbocycles. The van der Waals surface area contributed by atoms with Gasteiger partial charge in [-0.05, 0) is 45.6 Å². The van der Waals surface area contributed by atoms with Crippen LogP contribution < -0.4 is 10.6 Å². The second kappa shape index (κ2) is 11.5. The molecule has 9 nitrogen and oxygen atoms in total. The summed E-state index contributed by atoms with van der Waals surface area (Å²) in [4.78, 5) is 36.1. The number of aromatic nitrogens is 2.